The number of allylic oxidation sites excluding steroid dienone is 4. The maximum Gasteiger partial charge on any atom is 0.309 e. The Bertz CT molecular complexity index is 1050. The molecule has 4 fully saturated rings. The van der Waals surface area contributed by atoms with E-state index >= 15 is 8.78 Å². The Hall–Kier alpha value is -1.54. The summed E-state index contributed by atoms with van der Waals surface area (Å²) in [6, 6.07) is 0. The van der Waals surface area contributed by atoms with Gasteiger partial charge in [0.05, 0.1) is 12.0 Å². The second-order valence-electron chi connectivity index (χ2n) is 12.3. The Balaban J connectivity index is 1.58. The highest BCUT2D eigenvalue weighted by Crippen LogP contribution is 2.71. The summed E-state index contributed by atoms with van der Waals surface area (Å²) in [6.07, 6.45) is 4.97. The second-order valence-corrected chi connectivity index (χ2v) is 12.7. The Morgan fingerprint density at radius 2 is 1.81 bits per heavy atom. The van der Waals surface area contributed by atoms with Crippen LogP contribution in [0.25, 0.3) is 0 Å². The summed E-state index contributed by atoms with van der Waals surface area (Å²) in [5, 5.41) is 10.9. The van der Waals surface area contributed by atoms with Crippen molar-refractivity contribution in [3.05, 3.63) is 23.8 Å². The maximum atomic E-state index is 17.3. The molecule has 0 amide bonds. The van der Waals surface area contributed by atoms with Gasteiger partial charge in [-0.1, -0.05) is 39.2 Å². The second kappa shape index (κ2) is 8.48. The van der Waals surface area contributed by atoms with Gasteiger partial charge in [0.2, 0.25) is 5.12 Å². The summed E-state index contributed by atoms with van der Waals surface area (Å²) in [7, 11) is 0. The number of ketones is 1. The monoisotopic (exact) mass is 522 g/mol. The number of ether oxygens (including phenoxy) is 1. The van der Waals surface area contributed by atoms with E-state index in [4.69, 9.17) is 4.74 Å². The molecule has 1 N–H and O–H groups in total. The molecule has 5 nitrogen and oxygen atoms in total. The van der Waals surface area contributed by atoms with Gasteiger partial charge in [-0.2, -0.15) is 0 Å². The first-order valence-electron chi connectivity index (χ1n) is 13.3. The third-order valence-corrected chi connectivity index (χ3v) is 11.0. The van der Waals surface area contributed by atoms with Gasteiger partial charge in [-0.05, 0) is 62.7 Å². The third kappa shape index (κ3) is 3.18. The molecule has 5 rings (SSSR count). The molecule has 0 bridgehead atoms. The van der Waals surface area contributed by atoms with Crippen LogP contribution in [0.5, 0.6) is 0 Å². The van der Waals surface area contributed by atoms with E-state index in [0.717, 1.165) is 25.3 Å². The normalized spacial score (nSPS) is 48.5. The molecule has 0 aromatic heterocycles. The minimum atomic E-state index is -2.24. The topological polar surface area (TPSA) is 80.7 Å². The van der Waals surface area contributed by atoms with Gasteiger partial charge in [0, 0.05) is 22.7 Å². The molecule has 0 saturated heterocycles. The van der Waals surface area contributed by atoms with Crippen molar-refractivity contribution in [2.24, 2.45) is 34.5 Å². The van der Waals surface area contributed by atoms with Crippen LogP contribution in [-0.2, 0) is 19.1 Å². The smallest absolute Gasteiger partial charge is 0.309 e. The molecule has 0 radical (unpaired) electrons. The lowest BCUT2D eigenvalue weighted by Gasteiger charge is -2.63. The summed E-state index contributed by atoms with van der Waals surface area (Å²) < 4.78 is 39.1. The molecule has 5 unspecified atom stereocenters. The van der Waals surface area contributed by atoms with Crippen LogP contribution in [0.15, 0.2) is 23.8 Å². The van der Waals surface area contributed by atoms with Gasteiger partial charge in [0.1, 0.15) is 6.17 Å². The first-order chi connectivity index (χ1) is 16.8. The van der Waals surface area contributed by atoms with E-state index in [-0.39, 0.29) is 24.3 Å². The summed E-state index contributed by atoms with van der Waals surface area (Å²) in [5.74, 6) is -3.08. The average molecular weight is 523 g/mol. The van der Waals surface area contributed by atoms with Crippen LogP contribution >= 0.6 is 12.6 Å². The van der Waals surface area contributed by atoms with Crippen LogP contribution in [0.3, 0.4) is 0 Å². The zero-order valence-corrected chi connectivity index (χ0v) is 22.0. The number of alkyl halides is 2. The van der Waals surface area contributed by atoms with Gasteiger partial charge in [-0.25, -0.2) is 8.78 Å². The molecule has 0 heterocycles. The number of fused-ring (bicyclic) bond motifs is 5. The van der Waals surface area contributed by atoms with Crippen molar-refractivity contribution in [1.82, 2.24) is 0 Å². The molecule has 4 saturated carbocycles. The highest BCUT2D eigenvalue weighted by Gasteiger charge is 2.78. The molecule has 9 atom stereocenters. The third-order valence-electron chi connectivity index (χ3n) is 10.7. The number of thiol groups is 1. The van der Waals surface area contributed by atoms with Gasteiger partial charge < -0.3 is 9.84 Å². The quantitative estimate of drug-likeness (QED) is 0.408. The van der Waals surface area contributed by atoms with Gasteiger partial charge in [-0.15, -0.1) is 12.6 Å². The van der Waals surface area contributed by atoms with Crippen molar-refractivity contribution < 1.29 is 33.0 Å². The highest BCUT2D eigenvalue weighted by molar-refractivity contribution is 7.96. The number of rotatable bonds is 3. The Morgan fingerprint density at radius 3 is 2.44 bits per heavy atom. The van der Waals surface area contributed by atoms with E-state index in [9.17, 15) is 19.5 Å². The number of hydrogen-bond acceptors (Lipinski definition) is 5. The Kier molecular flexibility index (Phi) is 6.15. The zero-order chi connectivity index (χ0) is 26.3. The molecule has 5 aliphatic carbocycles. The van der Waals surface area contributed by atoms with E-state index in [1.165, 1.54) is 12.2 Å². The molecule has 8 heteroatoms. The number of hydrogen-bond donors (Lipinski definition) is 2. The lowest BCUT2D eigenvalue weighted by molar-refractivity contribution is -0.230. The van der Waals surface area contributed by atoms with Gasteiger partial charge in [-0.3, -0.25) is 14.4 Å². The average Bonchev–Trinajstić information content (AvgIpc) is 3.05. The van der Waals surface area contributed by atoms with Crippen LogP contribution < -0.4 is 0 Å². The van der Waals surface area contributed by atoms with E-state index < -0.39 is 69.0 Å². The minimum absolute atomic E-state index is 0.0581. The zero-order valence-electron chi connectivity index (χ0n) is 21.1. The number of esters is 1. The van der Waals surface area contributed by atoms with Crippen LogP contribution in [0.2, 0.25) is 0 Å². The SMILES string of the molecule is CC1C[C@H]2[C@@H]3CC(F)C4=CC(=O)C=C[C@]4(C)C3(F)C(O)C[C@]2(C)C1(OC(=O)C1CCCCC1)C(=O)S. The molecular formula is C28H36F2O5S. The van der Waals surface area contributed by atoms with E-state index in [0.29, 0.717) is 19.3 Å². The first-order valence-corrected chi connectivity index (χ1v) is 13.7. The van der Waals surface area contributed by atoms with Gasteiger partial charge >= 0.3 is 5.97 Å². The minimum Gasteiger partial charge on any atom is -0.449 e. The summed E-state index contributed by atoms with van der Waals surface area (Å²) in [5.41, 5.74) is -6.45. The summed E-state index contributed by atoms with van der Waals surface area (Å²) in [4.78, 5) is 38.6. The molecule has 0 aliphatic heterocycles. The Labute approximate surface area is 216 Å². The number of aliphatic hydroxyl groups is 1. The van der Waals surface area contributed by atoms with Gasteiger partial charge in [0.25, 0.3) is 0 Å². The molecular weight excluding hydrogens is 486 g/mol. The number of halogens is 2. The predicted molar refractivity (Wildman–Crippen MR) is 133 cm³/mol. The first kappa shape index (κ1) is 26.1. The molecule has 0 spiro atoms. The summed E-state index contributed by atoms with van der Waals surface area (Å²) >= 11 is 4.21. The highest BCUT2D eigenvalue weighted by atomic mass is 32.1. The van der Waals surface area contributed by atoms with Crippen LogP contribution in [0.1, 0.15) is 72.1 Å². The van der Waals surface area contributed by atoms with Crippen molar-refractivity contribution in [3.8, 4) is 0 Å². The van der Waals surface area contributed by atoms with Crippen LogP contribution in [0, 0.1) is 34.5 Å². The fraction of sp³-hybridized carbons (Fsp3) is 0.750. The maximum absolute atomic E-state index is 17.3. The lowest BCUT2D eigenvalue weighted by atomic mass is 9.44. The fourth-order valence-electron chi connectivity index (χ4n) is 8.82. The summed E-state index contributed by atoms with van der Waals surface area (Å²) in [6.45, 7) is 5.12. The fourth-order valence-corrected chi connectivity index (χ4v) is 9.34. The molecule has 36 heavy (non-hydrogen) atoms. The van der Waals surface area contributed by atoms with Crippen LogP contribution in [-0.4, -0.2) is 45.5 Å². The lowest BCUT2D eigenvalue weighted by Crippen LogP contribution is -2.70. The molecule has 5 aliphatic rings. The van der Waals surface area contributed by atoms with Crippen molar-refractivity contribution in [3.63, 3.8) is 0 Å². The standard InChI is InChI=1S/C28H36F2O5S/c1-15-11-18-19-13-21(29)20-12-17(31)9-10-25(20,2)27(19,30)22(32)14-26(18,3)28(15,24(34)36)35-23(33)16-7-5-4-6-8-16/h9-10,12,15-16,18-19,21-22,32H,4-8,11,13-14H2,1-3H3,(H,34,36)/t15?,18-,19-,21?,22?,25-,26-,27?,28?/m0/s1. The van der Waals surface area contributed by atoms with E-state index in [1.54, 1.807) is 20.8 Å². The van der Waals surface area contributed by atoms with Crippen molar-refractivity contribution in [2.75, 3.05) is 0 Å². The van der Waals surface area contributed by atoms with E-state index in [1.807, 2.05) is 0 Å². The molecule has 0 aromatic carbocycles. The number of aliphatic hydroxyl groups excluding tert-OH is 1. The van der Waals surface area contributed by atoms with E-state index in [2.05, 4.69) is 12.6 Å². The Morgan fingerprint density at radius 1 is 1.14 bits per heavy atom. The molecule has 198 valence electrons. The number of carbonyl (C=O) groups excluding carboxylic acids is 3. The van der Waals surface area contributed by atoms with Crippen molar-refractivity contribution >= 4 is 29.5 Å². The van der Waals surface area contributed by atoms with Crippen molar-refractivity contribution in [2.45, 2.75) is 95.7 Å². The van der Waals surface area contributed by atoms with Crippen molar-refractivity contribution in [1.29, 1.82) is 0 Å². The predicted octanol–water partition coefficient (Wildman–Crippen LogP) is 4.87. The van der Waals surface area contributed by atoms with Gasteiger partial charge in [0.15, 0.2) is 17.1 Å². The number of carbonyl (C=O) groups is 3. The van der Waals surface area contributed by atoms with Crippen LogP contribution in [0.4, 0.5) is 8.78 Å². The molecule has 0 aromatic rings. The largest absolute Gasteiger partial charge is 0.449 e.